The molecule has 3 rings (SSSR count). The number of rotatable bonds is 4. The highest BCUT2D eigenvalue weighted by Crippen LogP contribution is 2.32. The van der Waals surface area contributed by atoms with Gasteiger partial charge in [0.25, 0.3) is 0 Å². The van der Waals surface area contributed by atoms with E-state index in [9.17, 15) is 5.11 Å². The molecule has 1 aliphatic carbocycles. The van der Waals surface area contributed by atoms with E-state index in [0.717, 1.165) is 31.1 Å². The Morgan fingerprint density at radius 2 is 1.76 bits per heavy atom. The second-order valence-electron chi connectivity index (χ2n) is 6.49. The Hall–Kier alpha value is -1.06. The molecule has 1 aromatic carbocycles. The summed E-state index contributed by atoms with van der Waals surface area (Å²) in [6.45, 7) is 6.86. The first-order valence-electron chi connectivity index (χ1n) is 8.55. The van der Waals surface area contributed by atoms with Crippen LogP contribution < -0.4 is 0 Å². The van der Waals surface area contributed by atoms with Crippen LogP contribution in [0.5, 0.6) is 5.75 Å². The summed E-state index contributed by atoms with van der Waals surface area (Å²) < 4.78 is 0. The second kappa shape index (κ2) is 6.80. The molecule has 0 aromatic heterocycles. The molecule has 21 heavy (non-hydrogen) atoms. The van der Waals surface area contributed by atoms with E-state index in [1.165, 1.54) is 38.8 Å². The van der Waals surface area contributed by atoms with E-state index in [-0.39, 0.29) is 0 Å². The first kappa shape index (κ1) is 14.9. The number of nitrogens with zero attached hydrogens (tertiary/aromatic N) is 2. The molecule has 3 heteroatoms. The number of phenolic OH excluding ortho intramolecular Hbond substituents is 1. The fourth-order valence-corrected chi connectivity index (χ4v) is 4.13. The van der Waals surface area contributed by atoms with Crippen molar-refractivity contribution in [3.63, 3.8) is 0 Å². The van der Waals surface area contributed by atoms with Gasteiger partial charge in [0.2, 0.25) is 0 Å². The maximum absolute atomic E-state index is 10.1. The Morgan fingerprint density at radius 1 is 1.10 bits per heavy atom. The van der Waals surface area contributed by atoms with Gasteiger partial charge in [0.1, 0.15) is 5.75 Å². The highest BCUT2D eigenvalue weighted by molar-refractivity contribution is 5.34. The molecule has 1 saturated heterocycles. The molecule has 1 atom stereocenters. The van der Waals surface area contributed by atoms with Crippen molar-refractivity contribution in [3.05, 3.63) is 29.8 Å². The number of piperazine rings is 1. The zero-order valence-electron chi connectivity index (χ0n) is 13.2. The predicted octanol–water partition coefficient (Wildman–Crippen LogP) is 3.40. The molecule has 1 aliphatic heterocycles. The Balaban J connectivity index is 1.63. The molecule has 2 fully saturated rings. The molecule has 3 nitrogen and oxygen atoms in total. The van der Waals surface area contributed by atoms with Crippen molar-refractivity contribution in [3.8, 4) is 5.75 Å². The van der Waals surface area contributed by atoms with Crippen LogP contribution in [0.2, 0.25) is 0 Å². The van der Waals surface area contributed by atoms with Crippen LogP contribution in [-0.4, -0.2) is 47.1 Å². The summed E-state index contributed by atoms with van der Waals surface area (Å²) >= 11 is 0. The van der Waals surface area contributed by atoms with Crippen molar-refractivity contribution in [2.45, 2.75) is 51.1 Å². The molecular formula is C18H28N2O. The van der Waals surface area contributed by atoms with E-state index in [1.54, 1.807) is 0 Å². The van der Waals surface area contributed by atoms with E-state index in [0.29, 0.717) is 11.8 Å². The SMILES string of the molecule is CCC(c1ccccc1O)N1CCN(C2CCCC2)CC1. The normalized spacial score (nSPS) is 23.5. The summed E-state index contributed by atoms with van der Waals surface area (Å²) in [7, 11) is 0. The first-order chi connectivity index (χ1) is 10.3. The van der Waals surface area contributed by atoms with Crippen LogP contribution >= 0.6 is 0 Å². The standard InChI is InChI=1S/C18H28N2O/c1-2-17(16-9-5-6-10-18(16)21)20-13-11-19(12-14-20)15-7-3-4-8-15/h5-6,9-10,15,17,21H,2-4,7-8,11-14H2,1H3. The van der Waals surface area contributed by atoms with Crippen LogP contribution in [0, 0.1) is 0 Å². The number of para-hydroxylation sites is 1. The van der Waals surface area contributed by atoms with Crippen LogP contribution in [0.1, 0.15) is 50.6 Å². The lowest BCUT2D eigenvalue weighted by Gasteiger charge is -2.41. The van der Waals surface area contributed by atoms with Gasteiger partial charge in [-0.15, -0.1) is 0 Å². The lowest BCUT2D eigenvalue weighted by molar-refractivity contribution is 0.0679. The first-order valence-corrected chi connectivity index (χ1v) is 8.55. The van der Waals surface area contributed by atoms with E-state index in [4.69, 9.17) is 0 Å². The third-order valence-corrected chi connectivity index (χ3v) is 5.31. The van der Waals surface area contributed by atoms with Crippen molar-refractivity contribution in [1.29, 1.82) is 0 Å². The molecule has 0 radical (unpaired) electrons. The summed E-state index contributed by atoms with van der Waals surface area (Å²) in [5.41, 5.74) is 1.09. The predicted molar refractivity (Wildman–Crippen MR) is 86.5 cm³/mol. The van der Waals surface area contributed by atoms with Crippen LogP contribution in [0.3, 0.4) is 0 Å². The van der Waals surface area contributed by atoms with Gasteiger partial charge < -0.3 is 5.11 Å². The minimum atomic E-state index is 0.358. The molecule has 116 valence electrons. The largest absolute Gasteiger partial charge is 0.508 e. The molecule has 2 aliphatic rings. The summed E-state index contributed by atoms with van der Waals surface area (Å²) in [6, 6.07) is 9.03. The monoisotopic (exact) mass is 288 g/mol. The molecule has 1 saturated carbocycles. The zero-order chi connectivity index (χ0) is 14.7. The van der Waals surface area contributed by atoms with Crippen LogP contribution in [0.4, 0.5) is 0 Å². The highest BCUT2D eigenvalue weighted by Gasteiger charge is 2.29. The van der Waals surface area contributed by atoms with Crippen LogP contribution in [0.15, 0.2) is 24.3 Å². The van der Waals surface area contributed by atoms with Crippen molar-refractivity contribution in [2.24, 2.45) is 0 Å². The van der Waals surface area contributed by atoms with E-state index >= 15 is 0 Å². The number of hydrogen-bond acceptors (Lipinski definition) is 3. The van der Waals surface area contributed by atoms with Gasteiger partial charge in [-0.1, -0.05) is 38.0 Å². The van der Waals surface area contributed by atoms with E-state index in [1.807, 2.05) is 18.2 Å². The summed E-state index contributed by atoms with van der Waals surface area (Å²) in [5, 5.41) is 10.1. The molecule has 0 spiro atoms. The van der Waals surface area contributed by atoms with Crippen molar-refractivity contribution in [1.82, 2.24) is 9.80 Å². The quantitative estimate of drug-likeness (QED) is 0.920. The number of hydrogen-bond donors (Lipinski definition) is 1. The Morgan fingerprint density at radius 3 is 2.38 bits per heavy atom. The lowest BCUT2D eigenvalue weighted by atomic mass is 10.0. The number of aromatic hydroxyl groups is 1. The van der Waals surface area contributed by atoms with Gasteiger partial charge in [0.15, 0.2) is 0 Å². The third kappa shape index (κ3) is 3.24. The molecule has 1 unspecified atom stereocenters. The molecular weight excluding hydrogens is 260 g/mol. The molecule has 1 heterocycles. The molecule has 0 amide bonds. The fraction of sp³-hybridized carbons (Fsp3) is 0.667. The highest BCUT2D eigenvalue weighted by atomic mass is 16.3. The lowest BCUT2D eigenvalue weighted by Crippen LogP contribution is -2.50. The minimum Gasteiger partial charge on any atom is -0.508 e. The van der Waals surface area contributed by atoms with E-state index < -0.39 is 0 Å². The van der Waals surface area contributed by atoms with Gasteiger partial charge in [-0.05, 0) is 25.3 Å². The maximum atomic E-state index is 10.1. The third-order valence-electron chi connectivity index (χ3n) is 5.31. The van der Waals surface area contributed by atoms with Gasteiger partial charge >= 0.3 is 0 Å². The van der Waals surface area contributed by atoms with Gasteiger partial charge in [-0.3, -0.25) is 9.80 Å². The second-order valence-corrected chi connectivity index (χ2v) is 6.49. The maximum Gasteiger partial charge on any atom is 0.120 e. The average molecular weight is 288 g/mol. The van der Waals surface area contributed by atoms with Crippen molar-refractivity contribution in [2.75, 3.05) is 26.2 Å². The zero-order valence-corrected chi connectivity index (χ0v) is 13.2. The Labute approximate surface area is 128 Å². The summed E-state index contributed by atoms with van der Waals surface area (Å²) in [4.78, 5) is 5.25. The van der Waals surface area contributed by atoms with Crippen LogP contribution in [-0.2, 0) is 0 Å². The van der Waals surface area contributed by atoms with Gasteiger partial charge in [-0.25, -0.2) is 0 Å². The van der Waals surface area contributed by atoms with E-state index in [2.05, 4.69) is 22.8 Å². The van der Waals surface area contributed by atoms with Crippen molar-refractivity contribution < 1.29 is 5.11 Å². The van der Waals surface area contributed by atoms with Gasteiger partial charge in [-0.2, -0.15) is 0 Å². The smallest absolute Gasteiger partial charge is 0.120 e. The Bertz CT molecular complexity index is 448. The average Bonchev–Trinajstić information content (AvgIpc) is 3.05. The number of benzene rings is 1. The van der Waals surface area contributed by atoms with Gasteiger partial charge in [0, 0.05) is 43.8 Å². The Kier molecular flexibility index (Phi) is 4.81. The summed E-state index contributed by atoms with van der Waals surface area (Å²) in [6.07, 6.45) is 6.69. The summed E-state index contributed by atoms with van der Waals surface area (Å²) in [5.74, 6) is 0.447. The molecule has 0 bridgehead atoms. The van der Waals surface area contributed by atoms with Crippen LogP contribution in [0.25, 0.3) is 0 Å². The van der Waals surface area contributed by atoms with Gasteiger partial charge in [0.05, 0.1) is 0 Å². The minimum absolute atomic E-state index is 0.358. The molecule has 1 aromatic rings. The topological polar surface area (TPSA) is 26.7 Å². The molecule has 1 N–H and O–H groups in total. The van der Waals surface area contributed by atoms with Crippen molar-refractivity contribution >= 4 is 0 Å². The fourth-order valence-electron chi connectivity index (χ4n) is 4.13. The number of phenols is 1.